The first-order valence-corrected chi connectivity index (χ1v) is 31.5. The topological polar surface area (TPSA) is 154 Å². The molecule has 11 aromatic carbocycles. The lowest BCUT2D eigenvalue weighted by molar-refractivity contribution is 0.287. The SMILES string of the molecule is COc1cc2c(OC)cc1Cc1cc(OC)c(cc1OC)Cc1cc(OC)c(cc1OC)Cc1cc(OCc3cn(Cc4c5ccccc5cc5ccccc45)nn3)c(cc1OCc1cn(Cc3c4ccccc4cc4ccccc34)nn1)Cc1cc(OC)c(cc1OC)C2. The summed E-state index contributed by atoms with van der Waals surface area (Å²) in [4.78, 5) is 0. The molecule has 0 radical (unpaired) electrons. The smallest absolute Gasteiger partial charge is 0.134 e. The van der Waals surface area contributed by atoms with E-state index in [-0.39, 0.29) is 13.2 Å². The molecule has 2 heterocycles. The molecule has 0 fully saturated rings. The van der Waals surface area contributed by atoms with E-state index in [1.54, 1.807) is 56.9 Å². The van der Waals surface area contributed by atoms with Crippen molar-refractivity contribution in [2.24, 2.45) is 0 Å². The van der Waals surface area contributed by atoms with E-state index in [4.69, 9.17) is 57.6 Å². The number of fused-ring (bicyclic) bond motifs is 4. The van der Waals surface area contributed by atoms with Gasteiger partial charge in [0.05, 0.1) is 82.4 Å². The Hall–Kier alpha value is -11.3. The number of aromatic nitrogens is 6. The molecule has 0 saturated heterocycles. The van der Waals surface area contributed by atoms with Crippen LogP contribution in [-0.2, 0) is 58.4 Å². The zero-order chi connectivity index (χ0) is 65.1. The van der Waals surface area contributed by atoms with Crippen LogP contribution in [-0.4, -0.2) is 86.9 Å². The van der Waals surface area contributed by atoms with Crippen LogP contribution in [0.3, 0.4) is 0 Å². The van der Waals surface area contributed by atoms with Crippen LogP contribution >= 0.6 is 0 Å². The molecule has 23 rings (SSSR count). The number of hydrogen-bond acceptors (Lipinski definition) is 14. The van der Waals surface area contributed by atoms with Gasteiger partial charge >= 0.3 is 0 Å². The van der Waals surface area contributed by atoms with Crippen LogP contribution in [0.15, 0.2) is 182 Å². The fourth-order valence-corrected chi connectivity index (χ4v) is 13.6. The van der Waals surface area contributed by atoms with Crippen LogP contribution in [0.5, 0.6) is 57.5 Å². The van der Waals surface area contributed by atoms with Crippen LogP contribution in [0.2, 0.25) is 0 Å². The predicted octanol–water partition coefficient (Wildman–Crippen LogP) is 15.1. The lowest BCUT2D eigenvalue weighted by Gasteiger charge is -2.21. The fraction of sp³-hybridized carbons (Fsp3) is 0.215. The summed E-state index contributed by atoms with van der Waals surface area (Å²) in [5.41, 5.74) is 12.2. The minimum Gasteiger partial charge on any atom is -0.496 e. The average Bonchev–Trinajstić information content (AvgIpc) is 1.52. The normalized spacial score (nSPS) is 12.2. The van der Waals surface area contributed by atoms with Gasteiger partial charge in [0, 0.05) is 87.7 Å². The van der Waals surface area contributed by atoms with Gasteiger partial charge in [0.2, 0.25) is 0 Å². The lowest BCUT2D eigenvalue weighted by Crippen LogP contribution is -2.07. The summed E-state index contributed by atoms with van der Waals surface area (Å²) in [6, 6.07) is 58.7. The molecular weight excluding hydrogens is 1190 g/mol. The molecule has 95 heavy (non-hydrogen) atoms. The van der Waals surface area contributed by atoms with E-state index in [2.05, 4.69) is 132 Å². The summed E-state index contributed by atoms with van der Waals surface area (Å²) in [7, 11) is 13.4. The first-order chi connectivity index (χ1) is 46.6. The van der Waals surface area contributed by atoms with E-state index in [9.17, 15) is 0 Å². The van der Waals surface area contributed by atoms with Gasteiger partial charge in [-0.1, -0.05) is 107 Å². The molecule has 10 bridgehead atoms. The number of ether oxygens (including phenoxy) is 10. The van der Waals surface area contributed by atoms with Gasteiger partial charge in [-0.2, -0.15) is 0 Å². The van der Waals surface area contributed by atoms with E-state index in [1.165, 1.54) is 0 Å². The number of methoxy groups -OCH3 is 8. The highest BCUT2D eigenvalue weighted by Gasteiger charge is 2.25. The minimum atomic E-state index is 0.0998. The summed E-state index contributed by atoms with van der Waals surface area (Å²) < 4.78 is 67.7. The van der Waals surface area contributed by atoms with E-state index < -0.39 is 0 Å². The van der Waals surface area contributed by atoms with Crippen molar-refractivity contribution in [3.05, 3.63) is 260 Å². The van der Waals surface area contributed by atoms with Gasteiger partial charge < -0.3 is 47.4 Å². The Labute approximate surface area is 551 Å². The van der Waals surface area contributed by atoms with Crippen molar-refractivity contribution in [1.82, 2.24) is 30.0 Å². The van der Waals surface area contributed by atoms with Gasteiger partial charge in [-0.05, 0) is 127 Å². The maximum absolute atomic E-state index is 7.07. The van der Waals surface area contributed by atoms with Gasteiger partial charge in [0.25, 0.3) is 0 Å². The Bertz CT molecular complexity index is 4620. The van der Waals surface area contributed by atoms with Gasteiger partial charge in [-0.3, -0.25) is 0 Å². The first-order valence-electron chi connectivity index (χ1n) is 31.5. The molecule has 0 saturated carbocycles. The summed E-state index contributed by atoms with van der Waals surface area (Å²) in [6.07, 6.45) is 5.91. The van der Waals surface area contributed by atoms with Gasteiger partial charge in [0.15, 0.2) is 0 Å². The maximum atomic E-state index is 7.07. The van der Waals surface area contributed by atoms with Crippen LogP contribution in [0.4, 0.5) is 0 Å². The summed E-state index contributed by atoms with van der Waals surface area (Å²) in [5.74, 6) is 6.52. The van der Waals surface area contributed by atoms with Crippen molar-refractivity contribution in [2.75, 3.05) is 56.9 Å². The highest BCUT2D eigenvalue weighted by molar-refractivity contribution is 6.03. The third-order valence-corrected chi connectivity index (χ3v) is 18.2. The van der Waals surface area contributed by atoms with E-state index in [1.807, 2.05) is 70.3 Å². The zero-order valence-electron chi connectivity index (χ0n) is 54.5. The van der Waals surface area contributed by atoms with Crippen molar-refractivity contribution in [3.8, 4) is 57.5 Å². The predicted molar refractivity (Wildman–Crippen MR) is 368 cm³/mol. The Kier molecular flexibility index (Phi) is 17.3. The monoisotopic (exact) mass is 1260 g/mol. The van der Waals surface area contributed by atoms with Gasteiger partial charge in [-0.15, -0.1) is 10.2 Å². The highest BCUT2D eigenvalue weighted by Crippen LogP contribution is 2.43. The molecule has 10 aliphatic rings. The Morgan fingerprint density at radius 1 is 0.284 bits per heavy atom. The number of rotatable bonds is 18. The Morgan fingerprint density at radius 2 is 0.505 bits per heavy atom. The molecule has 0 N–H and O–H groups in total. The van der Waals surface area contributed by atoms with Crippen molar-refractivity contribution >= 4 is 43.1 Å². The van der Waals surface area contributed by atoms with Crippen LogP contribution in [0.1, 0.15) is 78.1 Å². The van der Waals surface area contributed by atoms with Crippen LogP contribution in [0.25, 0.3) is 43.1 Å². The van der Waals surface area contributed by atoms with Gasteiger partial charge in [0.1, 0.15) is 82.1 Å². The summed E-state index contributed by atoms with van der Waals surface area (Å²) in [6.45, 7) is 1.21. The Balaban J connectivity index is 0.896. The second kappa shape index (κ2) is 26.8. The van der Waals surface area contributed by atoms with Crippen molar-refractivity contribution in [2.45, 2.75) is 58.4 Å². The molecule has 10 aliphatic carbocycles. The van der Waals surface area contributed by atoms with E-state index in [0.717, 1.165) is 110 Å². The molecule has 478 valence electrons. The largest absolute Gasteiger partial charge is 0.496 e. The summed E-state index contributed by atoms with van der Waals surface area (Å²) >= 11 is 0. The minimum absolute atomic E-state index is 0.0998. The zero-order valence-corrected chi connectivity index (χ0v) is 54.5. The molecule has 0 amide bonds. The lowest BCUT2D eigenvalue weighted by atomic mass is 9.94. The van der Waals surface area contributed by atoms with Crippen molar-refractivity contribution in [3.63, 3.8) is 0 Å². The molecule has 0 unspecified atom stereocenters. The molecule has 0 spiro atoms. The average molecular weight is 1270 g/mol. The van der Waals surface area contributed by atoms with E-state index in [0.29, 0.717) is 114 Å². The number of hydrogen-bond donors (Lipinski definition) is 0. The maximum Gasteiger partial charge on any atom is 0.134 e. The number of benzene rings is 11. The fourth-order valence-electron chi connectivity index (χ4n) is 13.6. The Morgan fingerprint density at radius 3 is 0.747 bits per heavy atom. The molecule has 0 aliphatic heterocycles. The van der Waals surface area contributed by atoms with Gasteiger partial charge in [-0.25, -0.2) is 9.36 Å². The quantitative estimate of drug-likeness (QED) is 0.0749. The highest BCUT2D eigenvalue weighted by atomic mass is 16.5. The van der Waals surface area contributed by atoms with Crippen LogP contribution in [0, 0.1) is 0 Å². The standard InChI is InChI=1S/C79H72N6O10/c1-86-70-34-54-28-56-36-76(92-7)58(38-74(56)90-5)30-60-40-79(95-47-63-43-85(83-81-63)45-69-66-23-15-11-19-50(66)26-51-20-12-16-24-67(51)69)61(41-78(60)94-46-62-42-84(82-80-62)44-68-64-21-13-9-17-48(64)25-49-18-10-14-22-65(49)68)31-59-39-75(91-6)57(37-77(59)93-8)29-55-35-71(87-2)53(33-73(55)89-4)27-52(70)32-72(54)88-3/h9-26,32-43H,27-31,44-47H2,1-8H3. The summed E-state index contributed by atoms with van der Waals surface area (Å²) in [5, 5.41) is 28.1. The second-order valence-electron chi connectivity index (χ2n) is 23.8. The molecule has 16 nitrogen and oxygen atoms in total. The van der Waals surface area contributed by atoms with E-state index >= 15 is 0 Å². The number of nitrogens with zero attached hydrogens (tertiary/aromatic N) is 6. The van der Waals surface area contributed by atoms with Crippen molar-refractivity contribution < 1.29 is 47.4 Å². The third kappa shape index (κ3) is 12.4. The molecule has 16 heteroatoms. The first kappa shape index (κ1) is 61.3. The molecular formula is C79H72N6O10. The second-order valence-corrected chi connectivity index (χ2v) is 23.8. The molecule has 2 aromatic heterocycles. The van der Waals surface area contributed by atoms with Crippen molar-refractivity contribution in [1.29, 1.82) is 0 Å². The molecule has 13 aromatic rings. The third-order valence-electron chi connectivity index (χ3n) is 18.2. The molecule has 0 atom stereocenters. The van der Waals surface area contributed by atoms with Crippen LogP contribution < -0.4 is 47.4 Å².